The quantitative estimate of drug-likeness (QED) is 0.573. The molecule has 0 radical (unpaired) electrons. The second-order valence-corrected chi connectivity index (χ2v) is 8.20. The highest BCUT2D eigenvalue weighted by Gasteiger charge is 2.38. The molecule has 0 aromatic heterocycles. The zero-order valence-electron chi connectivity index (χ0n) is 16.2. The first-order valence-electron chi connectivity index (χ1n) is 9.37. The minimum atomic E-state index is -4.88. The average Bonchev–Trinajstić information content (AvgIpc) is 3.01. The number of piperidine rings is 1. The third kappa shape index (κ3) is 5.91. The highest BCUT2D eigenvalue weighted by Crippen LogP contribution is 2.38. The first kappa shape index (κ1) is 23.4. The van der Waals surface area contributed by atoms with E-state index in [0.717, 1.165) is 17.8 Å². The zero-order chi connectivity index (χ0) is 22.8. The van der Waals surface area contributed by atoms with Gasteiger partial charge in [-0.1, -0.05) is 18.7 Å². The van der Waals surface area contributed by atoms with Gasteiger partial charge in [0.15, 0.2) is 0 Å². The summed E-state index contributed by atoms with van der Waals surface area (Å²) in [5, 5.41) is 2.36. The van der Waals surface area contributed by atoms with Gasteiger partial charge in [0, 0.05) is 12.7 Å². The van der Waals surface area contributed by atoms with E-state index in [1.165, 1.54) is 6.20 Å². The average molecular weight is 463 g/mol. The molecule has 1 aromatic carbocycles. The monoisotopic (exact) mass is 463 g/mol. The number of amidine groups is 1. The van der Waals surface area contributed by atoms with E-state index in [1.807, 2.05) is 6.08 Å². The molecule has 0 spiro atoms. The molecule has 2 aliphatic rings. The first-order chi connectivity index (χ1) is 14.5. The Hall–Kier alpha value is -2.27. The van der Waals surface area contributed by atoms with Gasteiger partial charge < -0.3 is 5.32 Å². The summed E-state index contributed by atoms with van der Waals surface area (Å²) in [6.45, 7) is 4.37. The Morgan fingerprint density at radius 2 is 1.84 bits per heavy atom. The molecule has 0 aliphatic carbocycles. The van der Waals surface area contributed by atoms with Crippen molar-refractivity contribution in [3.05, 3.63) is 58.6 Å². The van der Waals surface area contributed by atoms with Crippen LogP contribution in [-0.2, 0) is 18.9 Å². The number of halogens is 6. The number of allylic oxidation sites excluding steroid dienone is 1. The summed E-state index contributed by atoms with van der Waals surface area (Å²) in [6.07, 6.45) is -5.20. The number of amides is 1. The van der Waals surface area contributed by atoms with Crippen LogP contribution in [0.3, 0.4) is 0 Å². The lowest BCUT2D eigenvalue weighted by atomic mass is 9.95. The molecular weight excluding hydrogens is 444 g/mol. The van der Waals surface area contributed by atoms with Crippen molar-refractivity contribution in [1.82, 2.24) is 10.2 Å². The maximum Gasteiger partial charge on any atom is 0.416 e. The van der Waals surface area contributed by atoms with Crippen molar-refractivity contribution >= 4 is 22.8 Å². The minimum absolute atomic E-state index is 0.0891. The second kappa shape index (κ2) is 9.07. The lowest BCUT2D eigenvalue weighted by Gasteiger charge is -2.31. The van der Waals surface area contributed by atoms with E-state index in [1.54, 1.807) is 4.90 Å². The van der Waals surface area contributed by atoms with Gasteiger partial charge in [0.05, 0.1) is 16.0 Å². The third-order valence-electron chi connectivity index (χ3n) is 5.03. The highest BCUT2D eigenvalue weighted by atomic mass is 32.2. The number of likely N-dealkylation sites (tertiary alicyclic amines) is 1. The van der Waals surface area contributed by atoms with Crippen molar-refractivity contribution in [3.63, 3.8) is 0 Å². The number of carbonyl (C=O) groups excluding carboxylic acids is 1. The van der Waals surface area contributed by atoms with Gasteiger partial charge in [0.25, 0.3) is 5.24 Å². The Morgan fingerprint density at radius 1 is 1.16 bits per heavy atom. The molecule has 2 fully saturated rings. The molecule has 11 heteroatoms. The Bertz CT molecular complexity index is 914. The summed E-state index contributed by atoms with van der Waals surface area (Å²) in [5.41, 5.74) is -2.76. The number of benzene rings is 1. The molecule has 0 bridgehead atoms. The number of carbonyl (C=O) groups is 1. The molecular formula is C20H19F6N3OS. The predicted octanol–water partition coefficient (Wildman–Crippen LogP) is 5.82. The molecule has 0 unspecified atom stereocenters. The second-order valence-electron chi connectivity index (χ2n) is 7.19. The number of aliphatic imine (C=N–C) groups is 1. The molecule has 0 atom stereocenters. The summed E-state index contributed by atoms with van der Waals surface area (Å²) < 4.78 is 78.5. The summed E-state index contributed by atoms with van der Waals surface area (Å²) in [4.78, 5) is 18.0. The smallest absolute Gasteiger partial charge is 0.300 e. The van der Waals surface area contributed by atoms with Crippen LogP contribution in [-0.4, -0.2) is 29.1 Å². The van der Waals surface area contributed by atoms with E-state index in [2.05, 4.69) is 16.9 Å². The SMILES string of the molecule is C=CN=C1NC(=O)S/C1=C\C1CCN(Cc2ccc(C(F)(F)F)cc2C(F)(F)F)CC1. The van der Waals surface area contributed by atoms with Crippen molar-refractivity contribution in [2.75, 3.05) is 13.1 Å². The van der Waals surface area contributed by atoms with Gasteiger partial charge >= 0.3 is 12.4 Å². The van der Waals surface area contributed by atoms with Gasteiger partial charge in [-0.05, 0) is 61.3 Å². The van der Waals surface area contributed by atoms with Gasteiger partial charge in [-0.3, -0.25) is 9.69 Å². The van der Waals surface area contributed by atoms with E-state index in [9.17, 15) is 31.1 Å². The number of hydrogen-bond donors (Lipinski definition) is 1. The van der Waals surface area contributed by atoms with Crippen molar-refractivity contribution in [1.29, 1.82) is 0 Å². The van der Waals surface area contributed by atoms with Crippen LogP contribution in [0.4, 0.5) is 31.1 Å². The fourth-order valence-electron chi connectivity index (χ4n) is 3.52. The van der Waals surface area contributed by atoms with Gasteiger partial charge in [0.1, 0.15) is 5.84 Å². The molecule has 1 aromatic rings. The maximum absolute atomic E-state index is 13.3. The standard InChI is InChI=1S/C20H19F6N3OS/c1-2-27-17-16(31-18(30)28-17)9-12-5-7-29(8-6-12)11-13-3-4-14(19(21,22)23)10-15(13)20(24,25)26/h2-4,9-10,12H,1,5-8,11H2,(H,27,28,30)/b16-9-. The normalized spacial score (nSPS) is 21.7. The van der Waals surface area contributed by atoms with Gasteiger partial charge in [-0.15, -0.1) is 0 Å². The molecule has 4 nitrogen and oxygen atoms in total. The molecule has 31 heavy (non-hydrogen) atoms. The van der Waals surface area contributed by atoms with E-state index in [4.69, 9.17) is 0 Å². The number of alkyl halides is 6. The number of hydrogen-bond acceptors (Lipinski definition) is 4. The van der Waals surface area contributed by atoms with Crippen molar-refractivity contribution < 1.29 is 31.1 Å². The van der Waals surface area contributed by atoms with Crippen molar-refractivity contribution in [3.8, 4) is 0 Å². The van der Waals surface area contributed by atoms with Crippen LogP contribution in [0.5, 0.6) is 0 Å². The minimum Gasteiger partial charge on any atom is -0.300 e. The van der Waals surface area contributed by atoms with Crippen molar-refractivity contribution in [2.45, 2.75) is 31.7 Å². The lowest BCUT2D eigenvalue weighted by Crippen LogP contribution is -2.33. The fraction of sp³-hybridized carbons (Fsp3) is 0.400. The van der Waals surface area contributed by atoms with Crippen LogP contribution in [0, 0.1) is 5.92 Å². The van der Waals surface area contributed by atoms with E-state index >= 15 is 0 Å². The topological polar surface area (TPSA) is 44.7 Å². The number of nitrogens with one attached hydrogen (secondary N) is 1. The lowest BCUT2D eigenvalue weighted by molar-refractivity contribution is -0.143. The molecule has 2 aliphatic heterocycles. The zero-order valence-corrected chi connectivity index (χ0v) is 17.0. The molecule has 0 saturated carbocycles. The Morgan fingerprint density at radius 3 is 2.42 bits per heavy atom. The maximum atomic E-state index is 13.3. The largest absolute Gasteiger partial charge is 0.416 e. The van der Waals surface area contributed by atoms with Crippen LogP contribution in [0.25, 0.3) is 0 Å². The van der Waals surface area contributed by atoms with Crippen LogP contribution in [0.1, 0.15) is 29.5 Å². The van der Waals surface area contributed by atoms with E-state index < -0.39 is 23.5 Å². The molecule has 1 amide bonds. The van der Waals surface area contributed by atoms with Crippen LogP contribution in [0.15, 0.2) is 47.0 Å². The van der Waals surface area contributed by atoms with Crippen LogP contribution < -0.4 is 5.32 Å². The van der Waals surface area contributed by atoms with Crippen molar-refractivity contribution in [2.24, 2.45) is 10.9 Å². The number of thioether (sulfide) groups is 1. The molecule has 1 N–H and O–H groups in total. The summed E-state index contributed by atoms with van der Waals surface area (Å²) in [5.74, 6) is 0.531. The molecule has 2 saturated heterocycles. The van der Waals surface area contributed by atoms with Crippen LogP contribution in [0.2, 0.25) is 0 Å². The Balaban J connectivity index is 1.69. The number of rotatable bonds is 4. The molecule has 2 heterocycles. The predicted molar refractivity (Wildman–Crippen MR) is 106 cm³/mol. The Kier molecular flexibility index (Phi) is 6.85. The summed E-state index contributed by atoms with van der Waals surface area (Å²) in [6, 6.07) is 1.77. The Labute approximate surface area is 179 Å². The molecule has 168 valence electrons. The number of nitrogens with zero attached hydrogens (tertiary/aromatic N) is 2. The molecule has 3 rings (SSSR count). The van der Waals surface area contributed by atoms with Gasteiger partial charge in [0.2, 0.25) is 0 Å². The first-order valence-corrected chi connectivity index (χ1v) is 10.2. The summed E-state index contributed by atoms with van der Waals surface area (Å²) in [7, 11) is 0. The van der Waals surface area contributed by atoms with E-state index in [-0.39, 0.29) is 29.3 Å². The third-order valence-corrected chi connectivity index (χ3v) is 5.87. The fourth-order valence-corrected chi connectivity index (χ4v) is 4.33. The summed E-state index contributed by atoms with van der Waals surface area (Å²) >= 11 is 1.02. The highest BCUT2D eigenvalue weighted by molar-refractivity contribution is 8.18. The van der Waals surface area contributed by atoms with E-state index in [0.29, 0.717) is 42.7 Å². The van der Waals surface area contributed by atoms with Gasteiger partial charge in [-0.25, -0.2) is 4.99 Å². The van der Waals surface area contributed by atoms with Crippen LogP contribution >= 0.6 is 11.8 Å². The van der Waals surface area contributed by atoms with Gasteiger partial charge in [-0.2, -0.15) is 26.3 Å².